The smallest absolute Gasteiger partial charge is 0.385 e. The van der Waals surface area contributed by atoms with Crippen LogP contribution in [0.1, 0.15) is 20.3 Å². The van der Waals surface area contributed by atoms with Gasteiger partial charge in [0.1, 0.15) is 6.54 Å². The van der Waals surface area contributed by atoms with Gasteiger partial charge in [0.05, 0.1) is 0 Å². The van der Waals surface area contributed by atoms with E-state index in [-0.39, 0.29) is 11.2 Å². The highest BCUT2D eigenvalue weighted by Gasteiger charge is 2.32. The molecule has 0 amide bonds. The van der Waals surface area contributed by atoms with Crippen LogP contribution >= 0.6 is 12.2 Å². The Kier molecular flexibility index (Phi) is 7.45. The first kappa shape index (κ1) is 16.4. The first-order valence-electron chi connectivity index (χ1n) is 5.38. The predicted molar refractivity (Wildman–Crippen MR) is 65.0 cm³/mol. The van der Waals surface area contributed by atoms with Gasteiger partial charge in [0, 0.05) is 26.3 Å². The number of halogens is 3. The maximum atomic E-state index is 12.3. The lowest BCUT2D eigenvalue weighted by Gasteiger charge is -2.30. The maximum absolute atomic E-state index is 12.3. The molecule has 0 heterocycles. The molecule has 0 bridgehead atoms. The highest BCUT2D eigenvalue weighted by Crippen LogP contribution is 2.18. The van der Waals surface area contributed by atoms with Gasteiger partial charge in [-0.15, -0.1) is 0 Å². The van der Waals surface area contributed by atoms with E-state index >= 15 is 0 Å². The van der Waals surface area contributed by atoms with Crippen LogP contribution in [-0.4, -0.2) is 49.0 Å². The van der Waals surface area contributed by atoms with Gasteiger partial charge >= 0.3 is 6.18 Å². The lowest BCUT2D eigenvalue weighted by molar-refractivity contribution is -0.140. The van der Waals surface area contributed by atoms with Crippen LogP contribution in [0.4, 0.5) is 13.2 Å². The number of rotatable bonds is 6. The Balaban J connectivity index is 4.17. The lowest BCUT2D eigenvalue weighted by atomic mass is 10.3. The molecule has 0 fully saturated rings. The van der Waals surface area contributed by atoms with Crippen LogP contribution < -0.4 is 5.32 Å². The third kappa shape index (κ3) is 8.20. The van der Waals surface area contributed by atoms with Crippen molar-refractivity contribution in [3.05, 3.63) is 0 Å². The van der Waals surface area contributed by atoms with Gasteiger partial charge in [0.15, 0.2) is 5.11 Å². The minimum atomic E-state index is -4.25. The van der Waals surface area contributed by atoms with Crippen LogP contribution in [0.5, 0.6) is 0 Å². The number of hydrogen-bond donors (Lipinski definition) is 1. The second-order valence-electron chi connectivity index (χ2n) is 3.92. The Hall–Kier alpha value is -0.560. The van der Waals surface area contributed by atoms with Crippen molar-refractivity contribution in [2.45, 2.75) is 32.5 Å². The summed E-state index contributed by atoms with van der Waals surface area (Å²) < 4.78 is 41.8. The zero-order chi connectivity index (χ0) is 13.5. The molecule has 3 nitrogen and oxygen atoms in total. The normalized spacial score (nSPS) is 11.7. The molecular weight excluding hydrogens is 253 g/mol. The van der Waals surface area contributed by atoms with E-state index in [0.29, 0.717) is 19.6 Å². The van der Waals surface area contributed by atoms with Crippen LogP contribution in [0.25, 0.3) is 0 Å². The molecule has 1 N–H and O–H groups in total. The third-order valence-electron chi connectivity index (χ3n) is 2.04. The van der Waals surface area contributed by atoms with E-state index in [0.717, 1.165) is 4.90 Å². The summed E-state index contributed by atoms with van der Waals surface area (Å²) in [6.07, 6.45) is -3.54. The van der Waals surface area contributed by atoms with Crippen molar-refractivity contribution in [1.82, 2.24) is 10.2 Å². The highest BCUT2D eigenvalue weighted by atomic mass is 32.1. The molecule has 0 aromatic carbocycles. The molecule has 17 heavy (non-hydrogen) atoms. The number of nitrogens with one attached hydrogen (secondary N) is 1. The number of nitrogens with zero attached hydrogens (tertiary/aromatic N) is 1. The topological polar surface area (TPSA) is 24.5 Å². The molecule has 0 saturated heterocycles. The molecule has 0 aromatic heterocycles. The lowest BCUT2D eigenvalue weighted by Crippen LogP contribution is -2.48. The third-order valence-corrected chi connectivity index (χ3v) is 2.41. The zero-order valence-corrected chi connectivity index (χ0v) is 11.1. The summed E-state index contributed by atoms with van der Waals surface area (Å²) in [4.78, 5) is 1.13. The Bertz CT molecular complexity index is 234. The van der Waals surface area contributed by atoms with E-state index in [2.05, 4.69) is 5.32 Å². The number of methoxy groups -OCH3 is 1. The van der Waals surface area contributed by atoms with Gasteiger partial charge in [-0.05, 0) is 32.5 Å². The monoisotopic (exact) mass is 272 g/mol. The van der Waals surface area contributed by atoms with E-state index in [1.54, 1.807) is 21.0 Å². The van der Waals surface area contributed by atoms with Gasteiger partial charge in [-0.2, -0.15) is 13.2 Å². The molecule has 102 valence electrons. The summed E-state index contributed by atoms with van der Waals surface area (Å²) in [6, 6.07) is -0.293. The second kappa shape index (κ2) is 7.71. The number of ether oxygens (including phenoxy) is 1. The standard InChI is InChI=1S/C10H19F3N2OS/c1-8(2)15(7-10(11,12)13)9(17)14-5-4-6-16-3/h8H,4-7H2,1-3H3,(H,14,17). The summed E-state index contributed by atoms with van der Waals surface area (Å²) in [5, 5.41) is 2.93. The molecule has 0 aliphatic carbocycles. The summed E-state index contributed by atoms with van der Waals surface area (Å²) in [5.74, 6) is 0. The number of alkyl halides is 3. The summed E-state index contributed by atoms with van der Waals surface area (Å²) in [6.45, 7) is 3.38. The van der Waals surface area contributed by atoms with Gasteiger partial charge < -0.3 is 15.0 Å². The van der Waals surface area contributed by atoms with Gasteiger partial charge in [0.25, 0.3) is 0 Å². The SMILES string of the molecule is COCCCNC(=S)N(CC(F)(F)F)C(C)C. The highest BCUT2D eigenvalue weighted by molar-refractivity contribution is 7.80. The van der Waals surface area contributed by atoms with Crippen molar-refractivity contribution >= 4 is 17.3 Å². The largest absolute Gasteiger partial charge is 0.406 e. The molecule has 0 aromatic rings. The molecule has 0 rings (SSSR count). The first-order chi connectivity index (χ1) is 7.78. The van der Waals surface area contributed by atoms with Crippen LogP contribution in [0.15, 0.2) is 0 Å². The molecule has 0 aliphatic heterocycles. The van der Waals surface area contributed by atoms with Gasteiger partial charge in [-0.1, -0.05) is 0 Å². The Labute approximate surface area is 105 Å². The second-order valence-corrected chi connectivity index (χ2v) is 4.30. The zero-order valence-electron chi connectivity index (χ0n) is 10.3. The Morgan fingerprint density at radius 2 is 2.00 bits per heavy atom. The number of thiocarbonyl (C=S) groups is 1. The molecule has 0 saturated carbocycles. The van der Waals surface area contributed by atoms with Gasteiger partial charge in [-0.3, -0.25) is 0 Å². The van der Waals surface area contributed by atoms with E-state index < -0.39 is 12.7 Å². The van der Waals surface area contributed by atoms with Crippen LogP contribution in [0.2, 0.25) is 0 Å². The van der Waals surface area contributed by atoms with E-state index in [9.17, 15) is 13.2 Å². The molecule has 0 spiro atoms. The summed E-state index contributed by atoms with van der Waals surface area (Å²) >= 11 is 4.94. The Morgan fingerprint density at radius 1 is 1.41 bits per heavy atom. The van der Waals surface area contributed by atoms with Crippen molar-refractivity contribution in [1.29, 1.82) is 0 Å². The molecule has 0 radical (unpaired) electrons. The summed E-state index contributed by atoms with van der Waals surface area (Å²) in [7, 11) is 1.57. The number of hydrogen-bond acceptors (Lipinski definition) is 2. The first-order valence-corrected chi connectivity index (χ1v) is 5.79. The van der Waals surface area contributed by atoms with E-state index in [1.807, 2.05) is 0 Å². The van der Waals surface area contributed by atoms with Crippen LogP contribution in [0, 0.1) is 0 Å². The molecule has 7 heteroatoms. The Morgan fingerprint density at radius 3 is 2.41 bits per heavy atom. The van der Waals surface area contributed by atoms with Crippen molar-refractivity contribution in [2.24, 2.45) is 0 Å². The molecular formula is C10H19F3N2OS. The van der Waals surface area contributed by atoms with Crippen molar-refractivity contribution in [2.75, 3.05) is 26.8 Å². The molecule has 0 atom stereocenters. The fourth-order valence-electron chi connectivity index (χ4n) is 1.20. The van der Waals surface area contributed by atoms with Gasteiger partial charge in [-0.25, -0.2) is 0 Å². The fraction of sp³-hybridized carbons (Fsp3) is 0.900. The van der Waals surface area contributed by atoms with E-state index in [1.165, 1.54) is 0 Å². The quantitative estimate of drug-likeness (QED) is 0.591. The van der Waals surface area contributed by atoms with Crippen molar-refractivity contribution < 1.29 is 17.9 Å². The van der Waals surface area contributed by atoms with Crippen LogP contribution in [0.3, 0.4) is 0 Å². The minimum Gasteiger partial charge on any atom is -0.385 e. The average molecular weight is 272 g/mol. The van der Waals surface area contributed by atoms with E-state index in [4.69, 9.17) is 17.0 Å². The fourth-order valence-corrected chi connectivity index (χ4v) is 1.57. The average Bonchev–Trinajstić information content (AvgIpc) is 2.19. The molecule has 0 unspecified atom stereocenters. The predicted octanol–water partition coefficient (Wildman–Crippen LogP) is 2.17. The van der Waals surface area contributed by atoms with Crippen molar-refractivity contribution in [3.63, 3.8) is 0 Å². The molecule has 0 aliphatic rings. The minimum absolute atomic E-state index is 0.133. The summed E-state index contributed by atoms with van der Waals surface area (Å²) in [5.41, 5.74) is 0. The van der Waals surface area contributed by atoms with Crippen LogP contribution in [-0.2, 0) is 4.74 Å². The van der Waals surface area contributed by atoms with Gasteiger partial charge in [0.2, 0.25) is 0 Å². The maximum Gasteiger partial charge on any atom is 0.406 e. The van der Waals surface area contributed by atoms with Crippen molar-refractivity contribution in [3.8, 4) is 0 Å².